The number of nitrogens with zero attached hydrogens (tertiary/aromatic N) is 1. The van der Waals surface area contributed by atoms with Gasteiger partial charge in [0.25, 0.3) is 0 Å². The Bertz CT molecular complexity index is 328. The number of benzene rings is 1. The largest absolute Gasteiger partial charge is 0.307 e. The molecule has 0 atom stereocenters. The van der Waals surface area contributed by atoms with Crippen LogP contribution in [-0.4, -0.2) is 25.0 Å². The van der Waals surface area contributed by atoms with Gasteiger partial charge in [0.15, 0.2) is 0 Å². The highest BCUT2D eigenvalue weighted by Gasteiger charge is 1.93. The predicted molar refractivity (Wildman–Crippen MR) is 72.6 cm³/mol. The van der Waals surface area contributed by atoms with E-state index in [-0.39, 0.29) is 0 Å². The number of hydrogen-bond acceptors (Lipinski definition) is 1. The zero-order valence-corrected chi connectivity index (χ0v) is 10.7. The normalized spacial score (nSPS) is 11.5. The second-order valence-corrected chi connectivity index (χ2v) is 4.30. The van der Waals surface area contributed by atoms with Crippen LogP contribution in [0.3, 0.4) is 0 Å². The Morgan fingerprint density at radius 2 is 2.00 bits per heavy atom. The van der Waals surface area contributed by atoms with Gasteiger partial charge in [0, 0.05) is 0 Å². The molecule has 0 aromatic heterocycles. The van der Waals surface area contributed by atoms with Crippen LogP contribution in [-0.2, 0) is 0 Å². The van der Waals surface area contributed by atoms with Crippen molar-refractivity contribution >= 4 is 6.08 Å². The zero-order valence-electron chi connectivity index (χ0n) is 10.7. The van der Waals surface area contributed by atoms with E-state index in [0.717, 1.165) is 6.54 Å². The number of allylic oxidation sites excluding steroid dienone is 1. The molecule has 0 bridgehead atoms. The Hall–Kier alpha value is -1.08. The first kappa shape index (κ1) is 13.0. The van der Waals surface area contributed by atoms with Crippen LogP contribution in [0.4, 0.5) is 0 Å². The lowest BCUT2D eigenvalue weighted by Gasteiger charge is -2.11. The van der Waals surface area contributed by atoms with E-state index in [9.17, 15) is 0 Å². The number of unbranched alkanes of at least 4 members (excludes halogenated alkanes) is 1. The summed E-state index contributed by atoms with van der Waals surface area (Å²) in [4.78, 5) is 2.35. The molecule has 0 amide bonds. The Kier molecular flexibility index (Phi) is 5.87. The van der Waals surface area contributed by atoms with E-state index in [1.807, 2.05) is 0 Å². The molecule has 1 rings (SSSR count). The third-order valence-electron chi connectivity index (χ3n) is 2.94. The lowest BCUT2D eigenvalue weighted by Crippen LogP contribution is -2.18. The summed E-state index contributed by atoms with van der Waals surface area (Å²) in [5.41, 5.74) is 2.69. The first-order valence-electron chi connectivity index (χ1n) is 6.14. The molecule has 1 aromatic rings. The van der Waals surface area contributed by atoms with E-state index in [1.165, 1.54) is 30.5 Å². The molecular weight excluding hydrogens is 194 g/mol. The second-order valence-electron chi connectivity index (χ2n) is 4.30. The minimum Gasteiger partial charge on any atom is -0.307 e. The van der Waals surface area contributed by atoms with Gasteiger partial charge in [-0.05, 0) is 51.0 Å². The molecule has 0 aliphatic carbocycles. The molecule has 0 saturated carbocycles. The van der Waals surface area contributed by atoms with Crippen LogP contribution in [0.1, 0.15) is 30.9 Å². The van der Waals surface area contributed by atoms with Crippen molar-refractivity contribution in [3.05, 3.63) is 41.5 Å². The maximum atomic E-state index is 2.35. The van der Waals surface area contributed by atoms with Gasteiger partial charge in [-0.15, -0.1) is 0 Å². The molecule has 0 unspecified atom stereocenters. The van der Waals surface area contributed by atoms with Crippen LogP contribution in [0.15, 0.2) is 30.3 Å². The summed E-state index contributed by atoms with van der Waals surface area (Å²) in [5, 5.41) is 0. The first-order valence-corrected chi connectivity index (χ1v) is 6.14. The van der Waals surface area contributed by atoms with Crippen molar-refractivity contribution in [1.82, 2.24) is 4.90 Å². The Labute approximate surface area is 99.8 Å². The van der Waals surface area contributed by atoms with Crippen molar-refractivity contribution in [3.63, 3.8) is 0 Å². The number of rotatable bonds is 6. The molecular formula is C15H23N. The fourth-order valence-corrected chi connectivity index (χ4v) is 1.62. The van der Waals surface area contributed by atoms with Crippen LogP contribution in [0.2, 0.25) is 0 Å². The Morgan fingerprint density at radius 3 is 2.69 bits per heavy atom. The molecule has 16 heavy (non-hydrogen) atoms. The molecule has 0 radical (unpaired) electrons. The summed E-state index contributed by atoms with van der Waals surface area (Å²) >= 11 is 0. The third kappa shape index (κ3) is 4.63. The van der Waals surface area contributed by atoms with Crippen LogP contribution >= 0.6 is 0 Å². The van der Waals surface area contributed by atoms with Crippen molar-refractivity contribution in [3.8, 4) is 0 Å². The molecule has 0 aliphatic rings. The Balaban J connectivity index is 2.30. The molecule has 0 N–H and O–H groups in total. The highest BCUT2D eigenvalue weighted by Crippen LogP contribution is 2.09. The zero-order chi connectivity index (χ0) is 11.8. The van der Waals surface area contributed by atoms with E-state index in [2.05, 4.69) is 62.2 Å². The van der Waals surface area contributed by atoms with Crippen molar-refractivity contribution < 1.29 is 0 Å². The average molecular weight is 217 g/mol. The maximum absolute atomic E-state index is 2.35. The average Bonchev–Trinajstić information content (AvgIpc) is 2.30. The van der Waals surface area contributed by atoms with E-state index >= 15 is 0 Å². The second kappa shape index (κ2) is 7.24. The van der Waals surface area contributed by atoms with Gasteiger partial charge in [0.1, 0.15) is 0 Å². The topological polar surface area (TPSA) is 3.24 Å². The molecule has 1 aromatic carbocycles. The van der Waals surface area contributed by atoms with Crippen LogP contribution in [0.5, 0.6) is 0 Å². The highest BCUT2D eigenvalue weighted by atomic mass is 15.1. The molecule has 0 saturated heterocycles. The fraction of sp³-hybridized carbons (Fsp3) is 0.467. The molecule has 0 spiro atoms. The van der Waals surface area contributed by atoms with Gasteiger partial charge in [0.2, 0.25) is 0 Å². The molecule has 0 aliphatic heterocycles. The van der Waals surface area contributed by atoms with Crippen molar-refractivity contribution in [2.45, 2.75) is 26.7 Å². The standard InChI is InChI=1S/C15H23N/c1-4-16(3)13-9-5-6-11-15-12-8-7-10-14(15)2/h6-8,10-12H,4-5,9,13H2,1-3H3/b11-6-. The van der Waals surface area contributed by atoms with Crippen molar-refractivity contribution in [2.75, 3.05) is 20.1 Å². The lowest BCUT2D eigenvalue weighted by molar-refractivity contribution is 0.348. The monoisotopic (exact) mass is 217 g/mol. The molecule has 1 nitrogen and oxygen atoms in total. The molecule has 0 fully saturated rings. The maximum Gasteiger partial charge on any atom is -0.00189 e. The lowest BCUT2D eigenvalue weighted by atomic mass is 10.1. The number of aryl methyl sites for hydroxylation is 1. The van der Waals surface area contributed by atoms with Gasteiger partial charge in [-0.25, -0.2) is 0 Å². The van der Waals surface area contributed by atoms with Gasteiger partial charge in [-0.3, -0.25) is 0 Å². The van der Waals surface area contributed by atoms with E-state index < -0.39 is 0 Å². The minimum absolute atomic E-state index is 1.14. The number of hydrogen-bond donors (Lipinski definition) is 0. The summed E-state index contributed by atoms with van der Waals surface area (Å²) in [6, 6.07) is 8.51. The van der Waals surface area contributed by atoms with Gasteiger partial charge in [-0.2, -0.15) is 0 Å². The fourth-order valence-electron chi connectivity index (χ4n) is 1.62. The van der Waals surface area contributed by atoms with Gasteiger partial charge in [-0.1, -0.05) is 43.3 Å². The van der Waals surface area contributed by atoms with Gasteiger partial charge < -0.3 is 4.90 Å². The smallest absolute Gasteiger partial charge is 0.00189 e. The van der Waals surface area contributed by atoms with Crippen LogP contribution in [0.25, 0.3) is 6.08 Å². The van der Waals surface area contributed by atoms with Crippen LogP contribution < -0.4 is 0 Å². The minimum atomic E-state index is 1.14. The van der Waals surface area contributed by atoms with Crippen LogP contribution in [0, 0.1) is 6.92 Å². The summed E-state index contributed by atoms with van der Waals surface area (Å²) < 4.78 is 0. The van der Waals surface area contributed by atoms with Crippen molar-refractivity contribution in [1.29, 1.82) is 0 Å². The van der Waals surface area contributed by atoms with Gasteiger partial charge >= 0.3 is 0 Å². The van der Waals surface area contributed by atoms with Crippen molar-refractivity contribution in [2.24, 2.45) is 0 Å². The Morgan fingerprint density at radius 1 is 1.25 bits per heavy atom. The van der Waals surface area contributed by atoms with E-state index in [0.29, 0.717) is 0 Å². The molecule has 1 heteroatoms. The SMILES string of the molecule is CCN(C)CCC/C=C\c1ccccc1C. The third-order valence-corrected chi connectivity index (χ3v) is 2.94. The van der Waals surface area contributed by atoms with E-state index in [1.54, 1.807) is 0 Å². The summed E-state index contributed by atoms with van der Waals surface area (Å²) in [7, 11) is 2.17. The highest BCUT2D eigenvalue weighted by molar-refractivity contribution is 5.53. The van der Waals surface area contributed by atoms with E-state index in [4.69, 9.17) is 0 Å². The molecule has 88 valence electrons. The summed E-state index contributed by atoms with van der Waals surface area (Å²) in [6.07, 6.45) is 6.93. The summed E-state index contributed by atoms with van der Waals surface area (Å²) in [5.74, 6) is 0. The predicted octanol–water partition coefficient (Wildman–Crippen LogP) is 3.74. The summed E-state index contributed by atoms with van der Waals surface area (Å²) in [6.45, 7) is 6.68. The van der Waals surface area contributed by atoms with Gasteiger partial charge in [0.05, 0.1) is 0 Å². The molecule has 0 heterocycles. The first-order chi connectivity index (χ1) is 7.74. The quantitative estimate of drug-likeness (QED) is 0.656.